The second-order valence-corrected chi connectivity index (χ2v) is 9.01. The summed E-state index contributed by atoms with van der Waals surface area (Å²) in [6.07, 6.45) is 0. The Labute approximate surface area is 211 Å². The minimum atomic E-state index is -0.791. The standard InChI is InChI=1S/C27H34N4O5/c1-16(2)31(17(3)4)15-18-9-7-10-19(13-18)25-29-22(23(32)27(34)30-25)26(33)28-14-20-11-8-12-21(35-5)24(20)36-6/h7-13,16-17,32H,14-15H2,1-6H3,(H,28,33)(H,29,30,34). The van der Waals surface area contributed by atoms with Crippen molar-refractivity contribution in [3.63, 3.8) is 0 Å². The molecule has 0 bridgehead atoms. The van der Waals surface area contributed by atoms with Gasteiger partial charge in [0.2, 0.25) is 5.75 Å². The Bertz CT molecular complexity index is 1260. The zero-order chi connectivity index (χ0) is 26.4. The van der Waals surface area contributed by atoms with Crippen molar-refractivity contribution in [3.8, 4) is 28.6 Å². The molecule has 2 aromatic carbocycles. The third-order valence-electron chi connectivity index (χ3n) is 5.93. The van der Waals surface area contributed by atoms with Gasteiger partial charge in [-0.2, -0.15) is 0 Å². The molecule has 1 heterocycles. The highest BCUT2D eigenvalue weighted by Crippen LogP contribution is 2.30. The number of aromatic hydroxyl groups is 1. The summed E-state index contributed by atoms with van der Waals surface area (Å²) >= 11 is 0. The fourth-order valence-corrected chi connectivity index (χ4v) is 4.10. The lowest BCUT2D eigenvalue weighted by atomic mass is 10.1. The molecular weight excluding hydrogens is 460 g/mol. The Morgan fingerprint density at radius 3 is 2.42 bits per heavy atom. The van der Waals surface area contributed by atoms with Crippen LogP contribution < -0.4 is 20.3 Å². The summed E-state index contributed by atoms with van der Waals surface area (Å²) < 4.78 is 10.7. The monoisotopic (exact) mass is 494 g/mol. The first-order chi connectivity index (χ1) is 17.2. The average molecular weight is 495 g/mol. The number of hydrogen-bond acceptors (Lipinski definition) is 7. The third-order valence-corrected chi connectivity index (χ3v) is 5.93. The predicted octanol–water partition coefficient (Wildman–Crippen LogP) is 3.71. The van der Waals surface area contributed by atoms with E-state index >= 15 is 0 Å². The van der Waals surface area contributed by atoms with E-state index in [-0.39, 0.29) is 18.1 Å². The largest absolute Gasteiger partial charge is 0.501 e. The molecular formula is C27H34N4O5. The van der Waals surface area contributed by atoms with E-state index in [0.29, 0.717) is 34.7 Å². The average Bonchev–Trinajstić information content (AvgIpc) is 2.86. The van der Waals surface area contributed by atoms with Crippen LogP contribution in [0.4, 0.5) is 0 Å². The summed E-state index contributed by atoms with van der Waals surface area (Å²) in [5.41, 5.74) is 1.21. The minimum absolute atomic E-state index is 0.0815. The lowest BCUT2D eigenvalue weighted by Gasteiger charge is -2.30. The molecule has 0 saturated carbocycles. The highest BCUT2D eigenvalue weighted by molar-refractivity contribution is 5.95. The van der Waals surface area contributed by atoms with Crippen LogP contribution in [0, 0.1) is 0 Å². The number of benzene rings is 2. The van der Waals surface area contributed by atoms with Crippen molar-refractivity contribution < 1.29 is 19.4 Å². The van der Waals surface area contributed by atoms with Gasteiger partial charge in [-0.1, -0.05) is 30.3 Å². The Hall–Kier alpha value is -3.85. The van der Waals surface area contributed by atoms with Gasteiger partial charge in [0.25, 0.3) is 11.5 Å². The molecule has 3 rings (SSSR count). The van der Waals surface area contributed by atoms with E-state index in [1.807, 2.05) is 18.2 Å². The minimum Gasteiger partial charge on any atom is -0.501 e. The van der Waals surface area contributed by atoms with Crippen molar-refractivity contribution in [2.75, 3.05) is 14.2 Å². The summed E-state index contributed by atoms with van der Waals surface area (Å²) in [6.45, 7) is 9.40. The highest BCUT2D eigenvalue weighted by Gasteiger charge is 2.20. The Morgan fingerprint density at radius 2 is 1.78 bits per heavy atom. The number of aromatic nitrogens is 2. The van der Waals surface area contributed by atoms with E-state index in [0.717, 1.165) is 12.1 Å². The summed E-state index contributed by atoms with van der Waals surface area (Å²) in [7, 11) is 3.04. The van der Waals surface area contributed by atoms with E-state index in [4.69, 9.17) is 9.47 Å². The molecule has 0 unspecified atom stereocenters. The van der Waals surface area contributed by atoms with Gasteiger partial charge < -0.3 is 24.9 Å². The van der Waals surface area contributed by atoms with Gasteiger partial charge in [0.15, 0.2) is 17.2 Å². The topological polar surface area (TPSA) is 117 Å². The number of rotatable bonds is 10. The van der Waals surface area contributed by atoms with Gasteiger partial charge in [0, 0.05) is 36.3 Å². The molecule has 9 heteroatoms. The number of H-pyrrole nitrogens is 1. The first-order valence-electron chi connectivity index (χ1n) is 11.8. The van der Waals surface area contributed by atoms with Crippen LogP contribution in [0.1, 0.15) is 49.3 Å². The number of hydrogen-bond donors (Lipinski definition) is 3. The highest BCUT2D eigenvalue weighted by atomic mass is 16.5. The number of para-hydroxylation sites is 1. The van der Waals surface area contributed by atoms with Gasteiger partial charge in [0.1, 0.15) is 5.82 Å². The van der Waals surface area contributed by atoms with Crippen LogP contribution in [0.15, 0.2) is 47.3 Å². The first-order valence-corrected chi connectivity index (χ1v) is 11.8. The fourth-order valence-electron chi connectivity index (χ4n) is 4.10. The molecule has 0 spiro atoms. The van der Waals surface area contributed by atoms with Gasteiger partial charge in [-0.05, 0) is 45.4 Å². The smallest absolute Gasteiger partial charge is 0.294 e. The predicted molar refractivity (Wildman–Crippen MR) is 138 cm³/mol. The Kier molecular flexibility index (Phi) is 8.71. The number of amides is 1. The SMILES string of the molecule is COc1cccc(CNC(=O)c2nc(-c3cccc(CN(C(C)C)C(C)C)c3)[nH]c(=O)c2O)c1OC. The van der Waals surface area contributed by atoms with Crippen molar-refractivity contribution in [1.82, 2.24) is 20.2 Å². The summed E-state index contributed by atoms with van der Waals surface area (Å²) in [5, 5.41) is 13.0. The fraction of sp³-hybridized carbons (Fsp3) is 0.370. The second-order valence-electron chi connectivity index (χ2n) is 9.01. The summed E-state index contributed by atoms with van der Waals surface area (Å²) in [4.78, 5) is 34.6. The van der Waals surface area contributed by atoms with Crippen LogP contribution in [-0.2, 0) is 13.1 Å². The number of ether oxygens (including phenoxy) is 2. The number of nitrogens with one attached hydrogen (secondary N) is 2. The molecule has 9 nitrogen and oxygen atoms in total. The van der Waals surface area contributed by atoms with E-state index in [2.05, 4.69) is 47.9 Å². The zero-order valence-electron chi connectivity index (χ0n) is 21.6. The molecule has 36 heavy (non-hydrogen) atoms. The third kappa shape index (κ3) is 6.04. The molecule has 0 aliphatic carbocycles. The molecule has 0 fully saturated rings. The quantitative estimate of drug-likeness (QED) is 0.393. The van der Waals surface area contributed by atoms with Crippen LogP contribution in [-0.4, -0.2) is 52.2 Å². The van der Waals surface area contributed by atoms with Gasteiger partial charge in [-0.25, -0.2) is 4.98 Å². The molecule has 0 radical (unpaired) electrons. The molecule has 0 saturated heterocycles. The second kappa shape index (κ2) is 11.7. The molecule has 3 aromatic rings. The molecule has 3 N–H and O–H groups in total. The summed E-state index contributed by atoms with van der Waals surface area (Å²) in [5.74, 6) is -0.221. The molecule has 1 aromatic heterocycles. The lowest BCUT2D eigenvalue weighted by molar-refractivity contribution is 0.0942. The van der Waals surface area contributed by atoms with Crippen LogP contribution >= 0.6 is 0 Å². The Morgan fingerprint density at radius 1 is 1.08 bits per heavy atom. The van der Waals surface area contributed by atoms with E-state index in [1.165, 1.54) is 14.2 Å². The van der Waals surface area contributed by atoms with Crippen molar-refractivity contribution in [3.05, 3.63) is 69.6 Å². The molecule has 192 valence electrons. The number of carbonyl (C=O) groups is 1. The normalized spacial score (nSPS) is 11.2. The zero-order valence-corrected chi connectivity index (χ0v) is 21.6. The van der Waals surface area contributed by atoms with Gasteiger partial charge in [0.05, 0.1) is 14.2 Å². The van der Waals surface area contributed by atoms with Crippen LogP contribution in [0.25, 0.3) is 11.4 Å². The number of methoxy groups -OCH3 is 2. The van der Waals surface area contributed by atoms with Gasteiger partial charge in [-0.15, -0.1) is 0 Å². The van der Waals surface area contributed by atoms with Crippen molar-refractivity contribution in [2.24, 2.45) is 0 Å². The number of carbonyl (C=O) groups excluding carboxylic acids is 1. The van der Waals surface area contributed by atoms with Crippen molar-refractivity contribution >= 4 is 5.91 Å². The van der Waals surface area contributed by atoms with Crippen LogP contribution in [0.3, 0.4) is 0 Å². The van der Waals surface area contributed by atoms with E-state index < -0.39 is 17.2 Å². The van der Waals surface area contributed by atoms with Crippen molar-refractivity contribution in [2.45, 2.75) is 52.9 Å². The maximum absolute atomic E-state index is 12.9. The lowest BCUT2D eigenvalue weighted by Crippen LogP contribution is -2.36. The van der Waals surface area contributed by atoms with Gasteiger partial charge >= 0.3 is 0 Å². The maximum Gasteiger partial charge on any atom is 0.294 e. The maximum atomic E-state index is 12.9. The van der Waals surface area contributed by atoms with E-state index in [1.54, 1.807) is 24.3 Å². The number of aromatic amines is 1. The molecule has 0 aliphatic rings. The first kappa shape index (κ1) is 26.7. The Balaban J connectivity index is 1.88. The summed E-state index contributed by atoms with van der Waals surface area (Å²) in [6, 6.07) is 13.6. The molecule has 0 aliphatic heterocycles. The van der Waals surface area contributed by atoms with E-state index in [9.17, 15) is 14.7 Å². The molecule has 0 atom stereocenters. The van der Waals surface area contributed by atoms with Gasteiger partial charge in [-0.3, -0.25) is 14.5 Å². The van der Waals surface area contributed by atoms with Crippen LogP contribution in [0.5, 0.6) is 17.2 Å². The number of nitrogens with zero attached hydrogens (tertiary/aromatic N) is 2. The van der Waals surface area contributed by atoms with Crippen molar-refractivity contribution in [1.29, 1.82) is 0 Å². The molecule has 1 amide bonds. The van der Waals surface area contributed by atoms with Crippen LogP contribution in [0.2, 0.25) is 0 Å².